The summed E-state index contributed by atoms with van der Waals surface area (Å²) in [4.78, 5) is 11.6. The maximum atomic E-state index is 11.6. The molecule has 0 aromatic heterocycles. The summed E-state index contributed by atoms with van der Waals surface area (Å²) in [7, 11) is 1.56. The van der Waals surface area contributed by atoms with Gasteiger partial charge in [-0.2, -0.15) is 0 Å². The fourth-order valence-corrected chi connectivity index (χ4v) is 2.43. The number of carbonyl (C=O) groups excluding carboxylic acids is 1. The van der Waals surface area contributed by atoms with Crippen molar-refractivity contribution in [1.29, 1.82) is 0 Å². The van der Waals surface area contributed by atoms with Crippen LogP contribution in [0.3, 0.4) is 0 Å². The summed E-state index contributed by atoms with van der Waals surface area (Å²) in [5.41, 5.74) is 1.91. The van der Waals surface area contributed by atoms with Crippen molar-refractivity contribution in [2.24, 2.45) is 0 Å². The molecule has 0 spiro atoms. The molecule has 2 aromatic carbocycles. The first-order valence-corrected chi connectivity index (χ1v) is 8.77. The Labute approximate surface area is 158 Å². The molecule has 0 amide bonds. The predicted molar refractivity (Wildman–Crippen MR) is 99.7 cm³/mol. The van der Waals surface area contributed by atoms with Gasteiger partial charge in [0.15, 0.2) is 6.79 Å². The van der Waals surface area contributed by atoms with E-state index in [1.165, 1.54) is 0 Å². The number of ether oxygens (including phenoxy) is 4. The van der Waals surface area contributed by atoms with E-state index in [9.17, 15) is 4.79 Å². The quantitative estimate of drug-likeness (QED) is 0.453. The van der Waals surface area contributed by atoms with Crippen molar-refractivity contribution in [2.45, 2.75) is 26.4 Å². The van der Waals surface area contributed by atoms with Crippen molar-refractivity contribution >= 4 is 17.6 Å². The van der Waals surface area contributed by atoms with E-state index < -0.39 is 0 Å². The van der Waals surface area contributed by atoms with Gasteiger partial charge in [0.2, 0.25) is 0 Å². The topological polar surface area (TPSA) is 54.0 Å². The molecule has 0 atom stereocenters. The van der Waals surface area contributed by atoms with Gasteiger partial charge >= 0.3 is 5.97 Å². The molecule has 0 aliphatic heterocycles. The van der Waals surface area contributed by atoms with Gasteiger partial charge in [-0.05, 0) is 42.7 Å². The van der Waals surface area contributed by atoms with Crippen LogP contribution in [0, 0.1) is 0 Å². The van der Waals surface area contributed by atoms with E-state index in [4.69, 9.17) is 30.5 Å². The van der Waals surface area contributed by atoms with Crippen molar-refractivity contribution in [2.75, 3.05) is 20.5 Å². The van der Waals surface area contributed by atoms with Crippen LogP contribution in [0.4, 0.5) is 0 Å². The Balaban J connectivity index is 2.09. The molecule has 0 heterocycles. The van der Waals surface area contributed by atoms with E-state index in [-0.39, 0.29) is 12.8 Å². The standard InChI is InChI=1S/C20H23ClO5/c1-3-24-20(22)11-7-16-6-10-18(26-14-23-2)12-19(16)25-13-15-4-8-17(21)9-5-15/h4-6,8-10,12H,3,7,11,13-14H2,1-2H3. The molecule has 6 heteroatoms. The van der Waals surface area contributed by atoms with Crippen LogP contribution >= 0.6 is 11.6 Å². The minimum absolute atomic E-state index is 0.152. The smallest absolute Gasteiger partial charge is 0.306 e. The molecule has 0 saturated carbocycles. The summed E-state index contributed by atoms with van der Waals surface area (Å²) < 4.78 is 21.3. The Kier molecular flexibility index (Phi) is 8.25. The average molecular weight is 379 g/mol. The molecule has 0 aliphatic rings. The SMILES string of the molecule is CCOC(=O)CCc1ccc(OCOC)cc1OCc1ccc(Cl)cc1. The summed E-state index contributed by atoms with van der Waals surface area (Å²) in [6, 6.07) is 13.0. The average Bonchev–Trinajstić information content (AvgIpc) is 2.65. The molecular formula is C20H23ClO5. The maximum Gasteiger partial charge on any atom is 0.306 e. The van der Waals surface area contributed by atoms with E-state index >= 15 is 0 Å². The van der Waals surface area contributed by atoms with Crippen LogP contribution in [0.25, 0.3) is 0 Å². The van der Waals surface area contributed by atoms with Crippen LogP contribution in [-0.4, -0.2) is 26.5 Å². The third-order valence-electron chi connectivity index (χ3n) is 3.59. The molecule has 140 valence electrons. The monoisotopic (exact) mass is 378 g/mol. The summed E-state index contributed by atoms with van der Waals surface area (Å²) in [5, 5.41) is 0.679. The maximum absolute atomic E-state index is 11.6. The second-order valence-electron chi connectivity index (χ2n) is 5.54. The molecule has 0 fully saturated rings. The fraction of sp³-hybridized carbons (Fsp3) is 0.350. The molecule has 0 bridgehead atoms. The van der Waals surface area contributed by atoms with Crippen molar-refractivity contribution in [3.05, 3.63) is 58.6 Å². The second kappa shape index (κ2) is 10.7. The Morgan fingerprint density at radius 2 is 1.85 bits per heavy atom. The van der Waals surface area contributed by atoms with Gasteiger partial charge in [0.25, 0.3) is 0 Å². The van der Waals surface area contributed by atoms with E-state index in [1.54, 1.807) is 20.1 Å². The van der Waals surface area contributed by atoms with Crippen LogP contribution in [0.1, 0.15) is 24.5 Å². The lowest BCUT2D eigenvalue weighted by atomic mass is 10.1. The zero-order valence-electron chi connectivity index (χ0n) is 15.0. The predicted octanol–water partition coefficient (Wildman–Crippen LogP) is 4.40. The summed E-state index contributed by atoms with van der Waals surface area (Å²) in [6.45, 7) is 2.71. The lowest BCUT2D eigenvalue weighted by molar-refractivity contribution is -0.143. The van der Waals surface area contributed by atoms with Gasteiger partial charge in [-0.15, -0.1) is 0 Å². The van der Waals surface area contributed by atoms with Crippen molar-refractivity contribution < 1.29 is 23.7 Å². The van der Waals surface area contributed by atoms with Crippen molar-refractivity contribution in [1.82, 2.24) is 0 Å². The highest BCUT2D eigenvalue weighted by Crippen LogP contribution is 2.27. The van der Waals surface area contributed by atoms with Crippen LogP contribution in [0.15, 0.2) is 42.5 Å². The molecule has 2 rings (SSSR count). The van der Waals surface area contributed by atoms with E-state index in [0.29, 0.717) is 42.6 Å². The fourth-order valence-electron chi connectivity index (χ4n) is 2.30. The number of hydrogen-bond acceptors (Lipinski definition) is 5. The van der Waals surface area contributed by atoms with Gasteiger partial charge in [-0.3, -0.25) is 4.79 Å². The normalized spacial score (nSPS) is 10.4. The number of esters is 1. The highest BCUT2D eigenvalue weighted by atomic mass is 35.5. The zero-order valence-corrected chi connectivity index (χ0v) is 15.8. The second-order valence-corrected chi connectivity index (χ2v) is 5.98. The number of aryl methyl sites for hydroxylation is 1. The highest BCUT2D eigenvalue weighted by Gasteiger charge is 2.10. The van der Waals surface area contributed by atoms with E-state index in [0.717, 1.165) is 11.1 Å². The van der Waals surface area contributed by atoms with Gasteiger partial charge in [0, 0.05) is 24.6 Å². The lowest BCUT2D eigenvalue weighted by Gasteiger charge is -2.14. The molecular weight excluding hydrogens is 356 g/mol. The summed E-state index contributed by atoms with van der Waals surface area (Å²) >= 11 is 5.91. The Morgan fingerprint density at radius 3 is 2.54 bits per heavy atom. The number of rotatable bonds is 10. The molecule has 0 N–H and O–H groups in total. The van der Waals surface area contributed by atoms with E-state index in [2.05, 4.69) is 0 Å². The van der Waals surface area contributed by atoms with Gasteiger partial charge in [0.1, 0.15) is 18.1 Å². The number of carbonyl (C=O) groups is 1. The van der Waals surface area contributed by atoms with Crippen LogP contribution in [0.5, 0.6) is 11.5 Å². The molecule has 2 aromatic rings. The summed E-state index contributed by atoms with van der Waals surface area (Å²) in [5.74, 6) is 1.08. The minimum Gasteiger partial charge on any atom is -0.488 e. The largest absolute Gasteiger partial charge is 0.488 e. The molecule has 26 heavy (non-hydrogen) atoms. The minimum atomic E-state index is -0.226. The molecule has 0 unspecified atom stereocenters. The summed E-state index contributed by atoms with van der Waals surface area (Å²) in [6.07, 6.45) is 0.822. The Bertz CT molecular complexity index is 700. The first kappa shape index (κ1) is 20.1. The van der Waals surface area contributed by atoms with Crippen molar-refractivity contribution in [3.8, 4) is 11.5 Å². The number of halogens is 1. The third-order valence-corrected chi connectivity index (χ3v) is 3.85. The Morgan fingerprint density at radius 1 is 1.08 bits per heavy atom. The van der Waals surface area contributed by atoms with Crippen LogP contribution < -0.4 is 9.47 Å². The molecule has 0 saturated heterocycles. The third kappa shape index (κ3) is 6.58. The number of hydrogen-bond donors (Lipinski definition) is 0. The lowest BCUT2D eigenvalue weighted by Crippen LogP contribution is -2.07. The van der Waals surface area contributed by atoms with Gasteiger partial charge in [0.05, 0.1) is 6.61 Å². The number of benzene rings is 2. The van der Waals surface area contributed by atoms with E-state index in [1.807, 2.05) is 36.4 Å². The van der Waals surface area contributed by atoms with Crippen LogP contribution in [-0.2, 0) is 27.3 Å². The molecule has 5 nitrogen and oxygen atoms in total. The van der Waals surface area contributed by atoms with Crippen LogP contribution in [0.2, 0.25) is 5.02 Å². The number of methoxy groups -OCH3 is 1. The molecule has 0 aliphatic carbocycles. The zero-order chi connectivity index (χ0) is 18.8. The van der Waals surface area contributed by atoms with Crippen molar-refractivity contribution in [3.63, 3.8) is 0 Å². The Hall–Kier alpha value is -2.24. The van der Waals surface area contributed by atoms with Gasteiger partial charge in [-0.25, -0.2) is 0 Å². The van der Waals surface area contributed by atoms with Gasteiger partial charge in [-0.1, -0.05) is 29.8 Å². The first-order valence-electron chi connectivity index (χ1n) is 8.40. The first-order chi connectivity index (χ1) is 12.6. The van der Waals surface area contributed by atoms with Gasteiger partial charge < -0.3 is 18.9 Å². The molecule has 0 radical (unpaired) electrons. The highest BCUT2D eigenvalue weighted by molar-refractivity contribution is 6.30.